The molecule has 1 aromatic carbocycles. The number of hydrogen-bond acceptors (Lipinski definition) is 8. The molecule has 5 unspecified atom stereocenters. The topological polar surface area (TPSA) is 124 Å². The number of fused-ring (bicyclic) bond motifs is 1. The average Bonchev–Trinajstić information content (AvgIpc) is 3.31. The third kappa shape index (κ3) is 5.63. The smallest absolute Gasteiger partial charge is 0.256 e. The van der Waals surface area contributed by atoms with E-state index in [0.29, 0.717) is 23.1 Å². The number of nitriles is 1. The lowest BCUT2D eigenvalue weighted by Crippen LogP contribution is -2.49. The number of alkyl halides is 1. The second kappa shape index (κ2) is 11.6. The highest BCUT2D eigenvalue weighted by molar-refractivity contribution is 7.46. The lowest BCUT2D eigenvalue weighted by molar-refractivity contribution is -0.125. The highest BCUT2D eigenvalue weighted by Gasteiger charge is 2.43. The summed E-state index contributed by atoms with van der Waals surface area (Å²) in [5, 5.41) is 11.4. The van der Waals surface area contributed by atoms with Crippen LogP contribution in [0.5, 0.6) is 0 Å². The van der Waals surface area contributed by atoms with Gasteiger partial charge in [-0.15, -0.1) is 0 Å². The SMILES string of the molecule is CCC1OCC(n2cnc3c(NC(=O)c4ccccc4)ncnc32)C(F)C1OP(C)OCCC#N. The van der Waals surface area contributed by atoms with Gasteiger partial charge in [-0.3, -0.25) is 4.79 Å². The lowest BCUT2D eigenvalue weighted by Gasteiger charge is -2.39. The van der Waals surface area contributed by atoms with Crippen LogP contribution in [0.3, 0.4) is 0 Å². The average molecular weight is 500 g/mol. The van der Waals surface area contributed by atoms with Crippen molar-refractivity contribution in [3.05, 3.63) is 48.5 Å². The molecule has 1 N–H and O–H groups in total. The maximum atomic E-state index is 15.9. The Balaban J connectivity index is 1.55. The van der Waals surface area contributed by atoms with Gasteiger partial charge in [0.1, 0.15) is 12.4 Å². The molecule has 1 fully saturated rings. The van der Waals surface area contributed by atoms with E-state index in [2.05, 4.69) is 20.3 Å². The number of halogens is 1. The fourth-order valence-electron chi connectivity index (χ4n) is 3.92. The van der Waals surface area contributed by atoms with Crippen LogP contribution in [0, 0.1) is 11.3 Å². The number of nitrogens with one attached hydrogen (secondary N) is 1. The Morgan fingerprint density at radius 1 is 1.34 bits per heavy atom. The summed E-state index contributed by atoms with van der Waals surface area (Å²) in [5.41, 5.74) is 1.19. The summed E-state index contributed by atoms with van der Waals surface area (Å²) in [6.45, 7) is 3.98. The Morgan fingerprint density at radius 3 is 2.89 bits per heavy atom. The maximum absolute atomic E-state index is 15.9. The Hall–Kier alpha value is -3.03. The predicted octanol–water partition coefficient (Wildman–Crippen LogP) is 4.02. The van der Waals surface area contributed by atoms with Gasteiger partial charge in [-0.1, -0.05) is 25.1 Å². The van der Waals surface area contributed by atoms with Gasteiger partial charge in [0.05, 0.1) is 44.2 Å². The van der Waals surface area contributed by atoms with Gasteiger partial charge in [-0.2, -0.15) is 5.26 Å². The Labute approximate surface area is 203 Å². The van der Waals surface area contributed by atoms with Gasteiger partial charge in [0.2, 0.25) is 0 Å². The van der Waals surface area contributed by atoms with E-state index in [4.69, 9.17) is 19.0 Å². The number of ether oxygens (including phenoxy) is 1. The van der Waals surface area contributed by atoms with Gasteiger partial charge in [-0.05, 0) is 18.6 Å². The van der Waals surface area contributed by atoms with Crippen LogP contribution in [0.2, 0.25) is 0 Å². The molecular weight excluding hydrogens is 474 g/mol. The van der Waals surface area contributed by atoms with Crippen LogP contribution in [-0.4, -0.2) is 63.7 Å². The summed E-state index contributed by atoms with van der Waals surface area (Å²) in [5.74, 6) is -0.103. The van der Waals surface area contributed by atoms with Crippen LogP contribution in [0.4, 0.5) is 10.2 Å². The first-order chi connectivity index (χ1) is 17.0. The fraction of sp³-hybridized carbons (Fsp3) is 0.435. The molecule has 5 atom stereocenters. The van der Waals surface area contributed by atoms with Crippen molar-refractivity contribution in [1.29, 1.82) is 5.26 Å². The number of amides is 1. The number of nitrogens with zero attached hydrogens (tertiary/aromatic N) is 5. The minimum absolute atomic E-state index is 0.109. The first kappa shape index (κ1) is 25.1. The molecule has 12 heteroatoms. The minimum atomic E-state index is -1.42. The lowest BCUT2D eigenvalue weighted by atomic mass is 9.97. The van der Waals surface area contributed by atoms with Crippen LogP contribution < -0.4 is 5.32 Å². The molecule has 3 aromatic rings. The van der Waals surface area contributed by atoms with E-state index in [-0.39, 0.29) is 31.4 Å². The summed E-state index contributed by atoms with van der Waals surface area (Å²) in [7, 11) is -1.39. The molecule has 1 aliphatic rings. The predicted molar refractivity (Wildman–Crippen MR) is 128 cm³/mol. The zero-order chi connectivity index (χ0) is 24.8. The first-order valence-corrected chi connectivity index (χ1v) is 12.9. The Kier molecular flexibility index (Phi) is 8.31. The largest absolute Gasteiger partial charge is 0.373 e. The van der Waals surface area contributed by atoms with Gasteiger partial charge in [0, 0.05) is 12.2 Å². The molecule has 1 aliphatic heterocycles. The molecule has 1 amide bonds. The van der Waals surface area contributed by atoms with Crippen LogP contribution >= 0.6 is 8.38 Å². The first-order valence-electron chi connectivity index (χ1n) is 11.2. The summed E-state index contributed by atoms with van der Waals surface area (Å²) in [6.07, 6.45) is 0.869. The number of aromatic nitrogens is 4. The molecule has 0 radical (unpaired) electrons. The van der Waals surface area contributed by atoms with Crippen molar-refractivity contribution in [2.24, 2.45) is 0 Å². The van der Waals surface area contributed by atoms with E-state index in [0.717, 1.165) is 0 Å². The second-order valence-electron chi connectivity index (χ2n) is 7.91. The summed E-state index contributed by atoms with van der Waals surface area (Å²) >= 11 is 0. The number of anilines is 1. The molecule has 10 nitrogen and oxygen atoms in total. The summed E-state index contributed by atoms with van der Waals surface area (Å²) < 4.78 is 34.9. The molecular formula is C23H26FN6O4P. The van der Waals surface area contributed by atoms with Gasteiger partial charge in [-0.25, -0.2) is 19.3 Å². The number of hydrogen-bond donors (Lipinski definition) is 1. The van der Waals surface area contributed by atoms with Crippen molar-refractivity contribution in [1.82, 2.24) is 19.5 Å². The molecule has 0 spiro atoms. The molecule has 1 saturated heterocycles. The minimum Gasteiger partial charge on any atom is -0.373 e. The Bertz CT molecular complexity index is 1190. The van der Waals surface area contributed by atoms with Crippen molar-refractivity contribution in [3.63, 3.8) is 0 Å². The van der Waals surface area contributed by atoms with Crippen molar-refractivity contribution in [2.45, 2.75) is 44.2 Å². The van der Waals surface area contributed by atoms with E-state index in [1.807, 2.05) is 19.1 Å². The highest BCUT2D eigenvalue weighted by atomic mass is 31.2. The highest BCUT2D eigenvalue weighted by Crippen LogP contribution is 2.42. The maximum Gasteiger partial charge on any atom is 0.256 e. The van der Waals surface area contributed by atoms with Gasteiger partial charge < -0.3 is 23.7 Å². The summed E-state index contributed by atoms with van der Waals surface area (Å²) in [4.78, 5) is 25.4. The van der Waals surface area contributed by atoms with E-state index >= 15 is 4.39 Å². The third-order valence-electron chi connectivity index (χ3n) is 5.67. The van der Waals surface area contributed by atoms with E-state index in [9.17, 15) is 4.79 Å². The van der Waals surface area contributed by atoms with Crippen molar-refractivity contribution >= 4 is 31.3 Å². The molecule has 35 heavy (non-hydrogen) atoms. The van der Waals surface area contributed by atoms with Crippen LogP contribution in [-0.2, 0) is 13.8 Å². The van der Waals surface area contributed by atoms with Gasteiger partial charge >= 0.3 is 0 Å². The number of carbonyl (C=O) groups is 1. The normalized spacial score (nSPS) is 23.0. The summed E-state index contributed by atoms with van der Waals surface area (Å²) in [6, 6.07) is 9.99. The molecule has 0 aliphatic carbocycles. The Morgan fingerprint density at radius 2 is 2.14 bits per heavy atom. The number of carbonyl (C=O) groups excluding carboxylic acids is 1. The molecule has 184 valence electrons. The van der Waals surface area contributed by atoms with Crippen molar-refractivity contribution in [2.75, 3.05) is 25.2 Å². The molecule has 0 bridgehead atoms. The second-order valence-corrected chi connectivity index (χ2v) is 9.26. The third-order valence-corrected chi connectivity index (χ3v) is 6.76. The van der Waals surface area contributed by atoms with E-state index < -0.39 is 32.8 Å². The van der Waals surface area contributed by atoms with E-state index in [1.54, 1.807) is 35.5 Å². The number of rotatable bonds is 9. The van der Waals surface area contributed by atoms with Crippen LogP contribution in [0.15, 0.2) is 43.0 Å². The molecule has 0 saturated carbocycles. The van der Waals surface area contributed by atoms with E-state index in [1.165, 1.54) is 12.7 Å². The van der Waals surface area contributed by atoms with Crippen molar-refractivity contribution < 1.29 is 23.0 Å². The monoisotopic (exact) mass is 500 g/mol. The fourth-order valence-corrected chi connectivity index (χ4v) is 4.92. The zero-order valence-electron chi connectivity index (χ0n) is 19.4. The quantitative estimate of drug-likeness (QED) is 0.345. The molecule has 4 rings (SSSR count). The van der Waals surface area contributed by atoms with Crippen LogP contribution in [0.25, 0.3) is 11.2 Å². The molecule has 3 heterocycles. The molecule has 2 aromatic heterocycles. The van der Waals surface area contributed by atoms with Crippen molar-refractivity contribution in [3.8, 4) is 6.07 Å². The number of benzene rings is 1. The zero-order valence-corrected chi connectivity index (χ0v) is 20.3. The van der Waals surface area contributed by atoms with Gasteiger partial charge in [0.15, 0.2) is 31.5 Å². The standard InChI is InChI=1S/C23H26FN6O4P/c1-3-17-20(34-35(2)33-11-7-10-25)18(24)16(12-32-17)30-14-28-19-21(26-13-27-22(19)30)29-23(31)15-8-5-4-6-9-15/h4-6,8-9,13-14,16-18,20H,3,7,11-12H2,1-2H3,(H,26,27,29,31). The van der Waals surface area contributed by atoms with Gasteiger partial charge in [0.25, 0.3) is 5.91 Å². The number of imidazole rings is 1. The van der Waals surface area contributed by atoms with Crippen LogP contribution in [0.1, 0.15) is 36.2 Å².